The van der Waals surface area contributed by atoms with Crippen LogP contribution < -0.4 is 4.74 Å². The summed E-state index contributed by atoms with van der Waals surface area (Å²) in [6.07, 6.45) is 1.82. The minimum Gasteiger partial charge on any atom is -0.495 e. The monoisotopic (exact) mass is 418 g/mol. The number of ether oxygens (including phenoxy) is 1. The van der Waals surface area contributed by atoms with Crippen LogP contribution in [0.5, 0.6) is 5.75 Å². The lowest BCUT2D eigenvalue weighted by molar-refractivity contribution is 0.0688. The number of halogens is 2. The maximum absolute atomic E-state index is 11.2. The number of aliphatic hydroxyl groups is 1. The first-order chi connectivity index (χ1) is 9.97. The van der Waals surface area contributed by atoms with Gasteiger partial charge in [0.15, 0.2) is 5.69 Å². The van der Waals surface area contributed by atoms with Crippen LogP contribution in [0.1, 0.15) is 16.1 Å². The van der Waals surface area contributed by atoms with Gasteiger partial charge in [-0.3, -0.25) is 0 Å². The molecule has 0 amide bonds. The number of carbonyl (C=O) groups is 1. The lowest BCUT2D eigenvalue weighted by Gasteiger charge is -2.09. The zero-order valence-corrected chi connectivity index (χ0v) is 14.2. The number of hydrogen-bond donors (Lipinski definition) is 2. The van der Waals surface area contributed by atoms with Gasteiger partial charge >= 0.3 is 5.97 Å². The second-order valence-electron chi connectivity index (χ2n) is 4.16. The second kappa shape index (κ2) is 6.59. The molecule has 2 aromatic rings. The molecular formula is C13H12Br2N2O4. The summed E-state index contributed by atoms with van der Waals surface area (Å²) in [7, 11) is 1.54. The number of benzene rings is 1. The van der Waals surface area contributed by atoms with E-state index in [1.807, 2.05) is 0 Å². The molecule has 2 rings (SSSR count). The first-order valence-electron chi connectivity index (χ1n) is 5.94. The zero-order valence-electron chi connectivity index (χ0n) is 11.0. The van der Waals surface area contributed by atoms with Crippen molar-refractivity contribution in [2.75, 3.05) is 13.7 Å². The van der Waals surface area contributed by atoms with Crippen LogP contribution in [0, 0.1) is 0 Å². The number of aliphatic hydroxyl groups excluding tert-OH is 1. The summed E-state index contributed by atoms with van der Waals surface area (Å²) < 4.78 is 8.17. The van der Waals surface area contributed by atoms with Crippen LogP contribution in [-0.2, 0) is 6.42 Å². The molecule has 21 heavy (non-hydrogen) atoms. The topological polar surface area (TPSA) is 84.6 Å². The Morgan fingerprint density at radius 1 is 1.38 bits per heavy atom. The standard InChI is InChI=1S/C13H12Br2N2O4/c1-21-11-5-10(8(14)4-9(11)15)17-6-7(2-3-18)12(16-17)13(19)20/h4-6,18H,2-3H2,1H3,(H,19,20). The molecule has 1 heterocycles. The average molecular weight is 420 g/mol. The highest BCUT2D eigenvalue weighted by Crippen LogP contribution is 2.33. The summed E-state index contributed by atoms with van der Waals surface area (Å²) in [5, 5.41) is 22.2. The van der Waals surface area contributed by atoms with Crippen LogP contribution in [0.4, 0.5) is 0 Å². The molecule has 112 valence electrons. The van der Waals surface area contributed by atoms with Crippen LogP contribution in [0.25, 0.3) is 5.69 Å². The molecule has 6 nitrogen and oxygen atoms in total. The lowest BCUT2D eigenvalue weighted by atomic mass is 10.2. The number of nitrogens with zero attached hydrogens (tertiary/aromatic N) is 2. The van der Waals surface area contributed by atoms with Crippen molar-refractivity contribution in [2.24, 2.45) is 0 Å². The molecule has 0 saturated heterocycles. The van der Waals surface area contributed by atoms with Crippen LogP contribution in [0.2, 0.25) is 0 Å². The van der Waals surface area contributed by atoms with Gasteiger partial charge in [-0.1, -0.05) is 0 Å². The molecule has 0 unspecified atom stereocenters. The smallest absolute Gasteiger partial charge is 0.356 e. The Morgan fingerprint density at radius 2 is 2.10 bits per heavy atom. The first-order valence-corrected chi connectivity index (χ1v) is 7.52. The SMILES string of the molecule is COc1cc(-n2cc(CCO)c(C(=O)O)n2)c(Br)cc1Br. The van der Waals surface area contributed by atoms with E-state index < -0.39 is 5.97 Å². The van der Waals surface area contributed by atoms with Crippen molar-refractivity contribution in [3.8, 4) is 11.4 Å². The third kappa shape index (κ3) is 3.28. The molecule has 1 aromatic heterocycles. The van der Waals surface area contributed by atoms with E-state index in [9.17, 15) is 4.79 Å². The van der Waals surface area contributed by atoms with Gasteiger partial charge < -0.3 is 14.9 Å². The van der Waals surface area contributed by atoms with Gasteiger partial charge in [0.2, 0.25) is 0 Å². The summed E-state index contributed by atoms with van der Waals surface area (Å²) in [6.45, 7) is -0.142. The largest absolute Gasteiger partial charge is 0.495 e. The van der Waals surface area contributed by atoms with E-state index in [0.29, 0.717) is 17.0 Å². The van der Waals surface area contributed by atoms with Crippen LogP contribution >= 0.6 is 31.9 Å². The van der Waals surface area contributed by atoms with E-state index in [1.54, 1.807) is 25.4 Å². The Kier molecular flexibility index (Phi) is 5.02. The number of carboxylic acids is 1. The Morgan fingerprint density at radius 3 is 2.67 bits per heavy atom. The predicted molar refractivity (Wildman–Crippen MR) is 83.3 cm³/mol. The number of aromatic carboxylic acids is 1. The third-order valence-corrected chi connectivity index (χ3v) is 4.10. The van der Waals surface area contributed by atoms with Gasteiger partial charge in [-0.05, 0) is 44.3 Å². The van der Waals surface area contributed by atoms with Crippen molar-refractivity contribution in [3.63, 3.8) is 0 Å². The molecule has 0 atom stereocenters. The van der Waals surface area contributed by atoms with Crippen molar-refractivity contribution in [1.82, 2.24) is 9.78 Å². The molecule has 0 spiro atoms. The van der Waals surface area contributed by atoms with Crippen molar-refractivity contribution in [2.45, 2.75) is 6.42 Å². The summed E-state index contributed by atoms with van der Waals surface area (Å²) in [4.78, 5) is 11.2. The number of methoxy groups -OCH3 is 1. The number of hydrogen-bond acceptors (Lipinski definition) is 4. The van der Waals surface area contributed by atoms with E-state index in [4.69, 9.17) is 14.9 Å². The molecule has 0 aliphatic carbocycles. The van der Waals surface area contributed by atoms with Gasteiger partial charge in [0.1, 0.15) is 5.75 Å². The molecular weight excluding hydrogens is 408 g/mol. The Balaban J connectivity index is 2.56. The van der Waals surface area contributed by atoms with Crippen molar-refractivity contribution in [3.05, 3.63) is 38.5 Å². The predicted octanol–water partition coefficient (Wildman–Crippen LogP) is 2.64. The summed E-state index contributed by atoms with van der Waals surface area (Å²) in [5.74, 6) is -0.526. The van der Waals surface area contributed by atoms with Crippen LogP contribution in [0.15, 0.2) is 27.3 Å². The van der Waals surface area contributed by atoms with E-state index in [2.05, 4.69) is 37.0 Å². The summed E-state index contributed by atoms with van der Waals surface area (Å²) in [6, 6.07) is 3.53. The maximum atomic E-state index is 11.2. The second-order valence-corrected chi connectivity index (χ2v) is 5.87. The van der Waals surface area contributed by atoms with E-state index in [-0.39, 0.29) is 18.7 Å². The average Bonchev–Trinajstić information content (AvgIpc) is 2.83. The number of aromatic nitrogens is 2. The third-order valence-electron chi connectivity index (χ3n) is 2.84. The molecule has 0 radical (unpaired) electrons. The minimum absolute atomic E-state index is 0.0714. The molecule has 1 aromatic carbocycles. The molecule has 0 bridgehead atoms. The van der Waals surface area contributed by atoms with E-state index >= 15 is 0 Å². The zero-order chi connectivity index (χ0) is 15.6. The summed E-state index contributed by atoms with van der Waals surface area (Å²) >= 11 is 6.78. The molecule has 0 aliphatic rings. The first kappa shape index (κ1) is 16.0. The highest BCUT2D eigenvalue weighted by atomic mass is 79.9. The van der Waals surface area contributed by atoms with Crippen LogP contribution in [0.3, 0.4) is 0 Å². The highest BCUT2D eigenvalue weighted by molar-refractivity contribution is 9.11. The van der Waals surface area contributed by atoms with Gasteiger partial charge in [0, 0.05) is 28.9 Å². The Bertz CT molecular complexity index is 685. The van der Waals surface area contributed by atoms with Crippen LogP contribution in [-0.4, -0.2) is 39.7 Å². The fourth-order valence-electron chi connectivity index (χ4n) is 1.87. The van der Waals surface area contributed by atoms with E-state index in [0.717, 1.165) is 8.95 Å². The molecule has 0 fully saturated rings. The molecule has 0 saturated carbocycles. The quantitative estimate of drug-likeness (QED) is 0.778. The van der Waals surface area contributed by atoms with Crippen molar-refractivity contribution in [1.29, 1.82) is 0 Å². The summed E-state index contributed by atoms with van der Waals surface area (Å²) in [5.41, 5.74) is 1.04. The lowest BCUT2D eigenvalue weighted by Crippen LogP contribution is -2.04. The normalized spacial score (nSPS) is 10.7. The Labute approximate surface area is 137 Å². The Hall–Kier alpha value is -1.38. The number of rotatable bonds is 5. The molecule has 0 aliphatic heterocycles. The van der Waals surface area contributed by atoms with Gasteiger partial charge in [-0.2, -0.15) is 5.10 Å². The van der Waals surface area contributed by atoms with E-state index in [1.165, 1.54) is 4.68 Å². The number of carboxylic acid groups (broad SMARTS) is 1. The van der Waals surface area contributed by atoms with Gasteiger partial charge in [0.25, 0.3) is 0 Å². The molecule has 8 heteroatoms. The van der Waals surface area contributed by atoms with Gasteiger partial charge in [0.05, 0.1) is 17.3 Å². The van der Waals surface area contributed by atoms with Crippen molar-refractivity contribution < 1.29 is 19.7 Å². The fraction of sp³-hybridized carbons (Fsp3) is 0.231. The molecule has 2 N–H and O–H groups in total. The fourth-order valence-corrected chi connectivity index (χ4v) is 3.20. The van der Waals surface area contributed by atoms with Crippen molar-refractivity contribution >= 4 is 37.8 Å². The highest BCUT2D eigenvalue weighted by Gasteiger charge is 2.18. The van der Waals surface area contributed by atoms with Gasteiger partial charge in [-0.15, -0.1) is 0 Å². The minimum atomic E-state index is -1.13. The van der Waals surface area contributed by atoms with Gasteiger partial charge in [-0.25, -0.2) is 9.48 Å². The maximum Gasteiger partial charge on any atom is 0.356 e.